The molecule has 0 amide bonds. The summed E-state index contributed by atoms with van der Waals surface area (Å²) in [6.45, 7) is 0. The first-order valence-electron chi connectivity index (χ1n) is 4.24. The van der Waals surface area contributed by atoms with E-state index in [9.17, 15) is 18.9 Å². The molecule has 86 valence electrons. The predicted octanol–water partition coefficient (Wildman–Crippen LogP) is 1.87. The molecule has 17 heavy (non-hydrogen) atoms. The Kier molecular flexibility index (Phi) is 3.62. The third-order valence-electron chi connectivity index (χ3n) is 1.86. The normalized spacial score (nSPS) is 9.71. The standard InChI is InChI=1S/C9H4F2N4O2/c10-9(11)7-3-5(4-13)8(15(16)17)6(14-7)1-2-12/h3,9H,1H2. The van der Waals surface area contributed by atoms with Crippen molar-refractivity contribution in [2.24, 2.45) is 0 Å². The number of nitriles is 2. The van der Waals surface area contributed by atoms with E-state index in [0.717, 1.165) is 0 Å². The van der Waals surface area contributed by atoms with Crippen LogP contribution in [-0.2, 0) is 6.42 Å². The van der Waals surface area contributed by atoms with Crippen molar-refractivity contribution in [1.29, 1.82) is 10.5 Å². The van der Waals surface area contributed by atoms with Gasteiger partial charge in [0.05, 0.1) is 17.4 Å². The van der Waals surface area contributed by atoms with E-state index in [1.165, 1.54) is 6.07 Å². The first-order valence-corrected chi connectivity index (χ1v) is 4.24. The van der Waals surface area contributed by atoms with Crippen molar-refractivity contribution in [2.45, 2.75) is 12.8 Å². The van der Waals surface area contributed by atoms with Gasteiger partial charge in [-0.3, -0.25) is 10.1 Å². The second-order valence-corrected chi connectivity index (χ2v) is 2.89. The maximum absolute atomic E-state index is 12.4. The summed E-state index contributed by atoms with van der Waals surface area (Å²) in [6.07, 6.45) is -3.47. The van der Waals surface area contributed by atoms with Crippen molar-refractivity contribution < 1.29 is 13.7 Å². The van der Waals surface area contributed by atoms with Crippen LogP contribution in [0.2, 0.25) is 0 Å². The molecule has 0 N–H and O–H groups in total. The molecule has 0 unspecified atom stereocenters. The van der Waals surface area contributed by atoms with Crippen LogP contribution in [0.1, 0.15) is 23.4 Å². The number of alkyl halides is 2. The SMILES string of the molecule is N#CCc1nc(C(F)F)cc(C#N)c1[N+](=O)[O-]. The lowest BCUT2D eigenvalue weighted by molar-refractivity contribution is -0.386. The van der Waals surface area contributed by atoms with Gasteiger partial charge in [-0.25, -0.2) is 13.8 Å². The summed E-state index contributed by atoms with van der Waals surface area (Å²) >= 11 is 0. The first kappa shape index (κ1) is 12.5. The second kappa shape index (κ2) is 4.94. The molecule has 0 bridgehead atoms. The molecule has 0 aromatic carbocycles. The van der Waals surface area contributed by atoms with Gasteiger partial charge in [0, 0.05) is 0 Å². The van der Waals surface area contributed by atoms with Gasteiger partial charge in [0.1, 0.15) is 23.0 Å². The zero-order chi connectivity index (χ0) is 13.0. The Morgan fingerprint density at radius 3 is 2.59 bits per heavy atom. The monoisotopic (exact) mass is 238 g/mol. The Morgan fingerprint density at radius 1 is 1.53 bits per heavy atom. The zero-order valence-corrected chi connectivity index (χ0v) is 8.22. The van der Waals surface area contributed by atoms with E-state index in [1.54, 1.807) is 6.07 Å². The van der Waals surface area contributed by atoms with E-state index in [1.807, 2.05) is 0 Å². The summed E-state index contributed by atoms with van der Waals surface area (Å²) < 4.78 is 24.8. The van der Waals surface area contributed by atoms with E-state index in [-0.39, 0.29) is 0 Å². The summed E-state index contributed by atoms with van der Waals surface area (Å²) in [5.74, 6) is 0. The topological polar surface area (TPSA) is 104 Å². The van der Waals surface area contributed by atoms with Crippen LogP contribution in [0.15, 0.2) is 6.07 Å². The summed E-state index contributed by atoms with van der Waals surface area (Å²) in [5.41, 5.74) is -2.40. The van der Waals surface area contributed by atoms with E-state index < -0.39 is 40.4 Å². The average molecular weight is 238 g/mol. The predicted molar refractivity (Wildman–Crippen MR) is 49.9 cm³/mol. The Bertz CT molecular complexity index is 545. The van der Waals surface area contributed by atoms with Crippen molar-refractivity contribution in [3.63, 3.8) is 0 Å². The van der Waals surface area contributed by atoms with Crippen LogP contribution in [-0.4, -0.2) is 9.91 Å². The molecule has 8 heteroatoms. The molecule has 0 spiro atoms. The summed E-state index contributed by atoms with van der Waals surface area (Å²) in [5, 5.41) is 27.8. The number of pyridine rings is 1. The molecular weight excluding hydrogens is 234 g/mol. The minimum atomic E-state index is -2.96. The molecular formula is C9H4F2N4O2. The molecule has 0 aliphatic heterocycles. The van der Waals surface area contributed by atoms with Crippen molar-refractivity contribution in [3.8, 4) is 12.1 Å². The van der Waals surface area contributed by atoms with E-state index in [0.29, 0.717) is 6.07 Å². The molecule has 0 fully saturated rings. The van der Waals surface area contributed by atoms with Gasteiger partial charge in [0.2, 0.25) is 0 Å². The van der Waals surface area contributed by atoms with Gasteiger partial charge in [0.15, 0.2) is 0 Å². The number of hydrogen-bond donors (Lipinski definition) is 0. The van der Waals surface area contributed by atoms with Crippen LogP contribution >= 0.6 is 0 Å². The highest BCUT2D eigenvalue weighted by Gasteiger charge is 2.25. The van der Waals surface area contributed by atoms with Gasteiger partial charge in [-0.1, -0.05) is 0 Å². The van der Waals surface area contributed by atoms with Crippen molar-refractivity contribution in [2.75, 3.05) is 0 Å². The summed E-state index contributed by atoms with van der Waals surface area (Å²) in [6, 6.07) is 3.68. The molecule has 0 saturated heterocycles. The highest BCUT2D eigenvalue weighted by molar-refractivity contribution is 5.53. The molecule has 1 rings (SSSR count). The lowest BCUT2D eigenvalue weighted by atomic mass is 10.1. The highest BCUT2D eigenvalue weighted by atomic mass is 19.3. The zero-order valence-electron chi connectivity index (χ0n) is 8.22. The Labute approximate surface area is 93.9 Å². The largest absolute Gasteiger partial charge is 0.309 e. The van der Waals surface area contributed by atoms with Crippen LogP contribution in [0.3, 0.4) is 0 Å². The Morgan fingerprint density at radius 2 is 2.18 bits per heavy atom. The minimum Gasteiger partial charge on any atom is -0.258 e. The van der Waals surface area contributed by atoms with Crippen LogP contribution in [0, 0.1) is 32.8 Å². The summed E-state index contributed by atoms with van der Waals surface area (Å²) in [4.78, 5) is 13.1. The van der Waals surface area contributed by atoms with Crippen LogP contribution in [0.25, 0.3) is 0 Å². The number of rotatable bonds is 3. The molecule has 0 aliphatic rings. The van der Waals surface area contributed by atoms with Gasteiger partial charge in [-0.2, -0.15) is 10.5 Å². The maximum Gasteiger partial charge on any atom is 0.309 e. The molecule has 0 radical (unpaired) electrons. The fraction of sp³-hybridized carbons (Fsp3) is 0.222. The second-order valence-electron chi connectivity index (χ2n) is 2.89. The van der Waals surface area contributed by atoms with Crippen molar-refractivity contribution in [1.82, 2.24) is 4.98 Å². The molecule has 0 atom stereocenters. The smallest absolute Gasteiger partial charge is 0.258 e. The number of halogens is 2. The van der Waals surface area contributed by atoms with E-state index >= 15 is 0 Å². The van der Waals surface area contributed by atoms with Crippen molar-refractivity contribution >= 4 is 5.69 Å². The highest BCUT2D eigenvalue weighted by Crippen LogP contribution is 2.27. The van der Waals surface area contributed by atoms with Crippen molar-refractivity contribution in [3.05, 3.63) is 33.1 Å². The molecule has 6 nitrogen and oxygen atoms in total. The minimum absolute atomic E-state index is 0.424. The first-order chi connectivity index (χ1) is 8.01. The van der Waals surface area contributed by atoms with Crippen LogP contribution < -0.4 is 0 Å². The molecule has 1 heterocycles. The molecule has 0 saturated carbocycles. The average Bonchev–Trinajstić information content (AvgIpc) is 2.27. The lowest BCUT2D eigenvalue weighted by Crippen LogP contribution is -2.04. The molecule has 1 aromatic rings. The number of hydrogen-bond acceptors (Lipinski definition) is 5. The number of nitro groups is 1. The van der Waals surface area contributed by atoms with Gasteiger partial charge in [-0.05, 0) is 6.07 Å². The van der Waals surface area contributed by atoms with E-state index in [2.05, 4.69) is 4.98 Å². The quantitative estimate of drug-likeness (QED) is 0.590. The van der Waals surface area contributed by atoms with Gasteiger partial charge in [-0.15, -0.1) is 0 Å². The Balaban J connectivity index is 3.54. The van der Waals surface area contributed by atoms with E-state index in [4.69, 9.17) is 10.5 Å². The Hall–Kier alpha value is -2.61. The van der Waals surface area contributed by atoms with Gasteiger partial charge < -0.3 is 0 Å². The number of nitrogens with zero attached hydrogens (tertiary/aromatic N) is 4. The third-order valence-corrected chi connectivity index (χ3v) is 1.86. The molecule has 0 aliphatic carbocycles. The van der Waals surface area contributed by atoms with Crippen LogP contribution in [0.5, 0.6) is 0 Å². The number of aromatic nitrogens is 1. The third kappa shape index (κ3) is 2.49. The molecule has 1 aromatic heterocycles. The maximum atomic E-state index is 12.4. The fourth-order valence-electron chi connectivity index (χ4n) is 1.21. The fourth-order valence-corrected chi connectivity index (χ4v) is 1.21. The van der Waals surface area contributed by atoms with Crippen LogP contribution in [0.4, 0.5) is 14.5 Å². The van der Waals surface area contributed by atoms with Gasteiger partial charge in [0.25, 0.3) is 6.43 Å². The van der Waals surface area contributed by atoms with Gasteiger partial charge >= 0.3 is 5.69 Å². The summed E-state index contributed by atoms with van der Waals surface area (Å²) in [7, 11) is 0. The lowest BCUT2D eigenvalue weighted by Gasteiger charge is -2.04.